The van der Waals surface area contributed by atoms with Crippen LogP contribution < -0.4 is 11.5 Å². The predicted molar refractivity (Wildman–Crippen MR) is 69.2 cm³/mol. The lowest BCUT2D eigenvalue weighted by Crippen LogP contribution is -2.42. The number of hydrogen-bond donors (Lipinski definition) is 2. The Balaban J connectivity index is 4.45. The molecule has 0 rings (SSSR count). The lowest BCUT2D eigenvalue weighted by Gasteiger charge is -2.22. The van der Waals surface area contributed by atoms with Crippen molar-refractivity contribution in [1.82, 2.24) is 0 Å². The summed E-state index contributed by atoms with van der Waals surface area (Å²) in [6.45, 7) is 0. The van der Waals surface area contributed by atoms with Crippen LogP contribution in [-0.4, -0.2) is 31.1 Å². The molecule has 14 heavy (non-hydrogen) atoms. The molecule has 2 amide bonds. The van der Waals surface area contributed by atoms with E-state index >= 15 is 0 Å². The Labute approximate surface area is 115 Å². The minimum atomic E-state index is -0.578. The summed E-state index contributed by atoms with van der Waals surface area (Å²) in [6.07, 6.45) is 0. The molecule has 0 saturated heterocycles. The van der Waals surface area contributed by atoms with E-state index in [1.165, 1.54) is 0 Å². The van der Waals surface area contributed by atoms with Crippen LogP contribution in [0.1, 0.15) is 0 Å². The molecule has 0 aromatic heterocycles. The lowest BCUT2D eigenvalue weighted by molar-refractivity contribution is -0.118. The van der Waals surface area contributed by atoms with Crippen LogP contribution in [0, 0.1) is 0 Å². The van der Waals surface area contributed by atoms with Gasteiger partial charge in [0.05, 0.1) is 9.65 Å². The monoisotopic (exact) mass is 456 g/mol. The predicted octanol–water partition coefficient (Wildman–Crippen LogP) is 1.01. The van der Waals surface area contributed by atoms with E-state index < -0.39 is 21.5 Å². The van der Waals surface area contributed by atoms with Gasteiger partial charge in [0.2, 0.25) is 11.8 Å². The molecule has 0 aliphatic heterocycles. The fraction of sp³-hybridized carbons (Fsp3) is 0.667. The standard InChI is InChI=1S/C6H8Br4N2O2/c7-1(3(9)5(11)13)2(8)4(10)6(12)14/h1-4H,(H2,11,13)(H2,12,14). The van der Waals surface area contributed by atoms with Crippen LogP contribution in [0.5, 0.6) is 0 Å². The average molecular weight is 460 g/mol. The van der Waals surface area contributed by atoms with E-state index in [9.17, 15) is 9.59 Å². The highest BCUT2D eigenvalue weighted by atomic mass is 79.9. The lowest BCUT2D eigenvalue weighted by atomic mass is 10.2. The Kier molecular flexibility index (Phi) is 6.84. The summed E-state index contributed by atoms with van der Waals surface area (Å²) in [5, 5.41) is 0. The number of hydrogen-bond acceptors (Lipinski definition) is 2. The molecule has 0 aliphatic rings. The summed E-state index contributed by atoms with van der Waals surface area (Å²) in [6, 6.07) is 0. The number of nitrogens with two attached hydrogens (primary N) is 2. The topological polar surface area (TPSA) is 86.2 Å². The second kappa shape index (κ2) is 6.44. The van der Waals surface area contributed by atoms with E-state index in [4.69, 9.17) is 11.5 Å². The smallest absolute Gasteiger partial charge is 0.232 e. The first-order chi connectivity index (χ1) is 6.29. The van der Waals surface area contributed by atoms with Crippen molar-refractivity contribution in [1.29, 1.82) is 0 Å². The summed E-state index contributed by atoms with van der Waals surface area (Å²) in [7, 11) is 0. The van der Waals surface area contributed by atoms with Crippen LogP contribution in [0.2, 0.25) is 0 Å². The highest BCUT2D eigenvalue weighted by Gasteiger charge is 2.34. The molecule has 4 atom stereocenters. The van der Waals surface area contributed by atoms with Crippen LogP contribution in [-0.2, 0) is 9.59 Å². The maximum absolute atomic E-state index is 10.8. The van der Waals surface area contributed by atoms with E-state index in [0.29, 0.717) is 0 Å². The maximum Gasteiger partial charge on any atom is 0.232 e. The van der Waals surface area contributed by atoms with Crippen molar-refractivity contribution in [2.45, 2.75) is 19.3 Å². The number of primary amides is 2. The minimum absolute atomic E-state index is 0.336. The molecule has 0 spiro atoms. The Morgan fingerprint density at radius 2 is 1.00 bits per heavy atom. The van der Waals surface area contributed by atoms with Crippen molar-refractivity contribution in [2.24, 2.45) is 11.5 Å². The fourth-order valence-corrected chi connectivity index (χ4v) is 3.25. The number of amides is 2. The van der Waals surface area contributed by atoms with Gasteiger partial charge >= 0.3 is 0 Å². The van der Waals surface area contributed by atoms with Crippen molar-refractivity contribution in [3.8, 4) is 0 Å². The van der Waals surface area contributed by atoms with Gasteiger partial charge in [-0.3, -0.25) is 9.59 Å². The zero-order valence-corrected chi connectivity index (χ0v) is 13.1. The zero-order valence-electron chi connectivity index (χ0n) is 6.79. The molecular weight excluding hydrogens is 452 g/mol. The van der Waals surface area contributed by atoms with Gasteiger partial charge in [-0.25, -0.2) is 0 Å². The van der Waals surface area contributed by atoms with Crippen LogP contribution >= 0.6 is 63.7 Å². The molecule has 0 aromatic carbocycles. The summed E-state index contributed by atoms with van der Waals surface area (Å²) in [5.41, 5.74) is 10.2. The van der Waals surface area contributed by atoms with Crippen molar-refractivity contribution in [3.05, 3.63) is 0 Å². The van der Waals surface area contributed by atoms with E-state index in [-0.39, 0.29) is 9.65 Å². The third kappa shape index (κ3) is 4.16. The van der Waals surface area contributed by atoms with E-state index in [0.717, 1.165) is 0 Å². The Hall–Kier alpha value is 0.860. The molecule has 82 valence electrons. The molecule has 0 radical (unpaired) electrons. The number of carbonyl (C=O) groups is 2. The van der Waals surface area contributed by atoms with Gasteiger partial charge in [0.25, 0.3) is 0 Å². The summed E-state index contributed by atoms with van der Waals surface area (Å²) in [4.78, 5) is 19.8. The van der Waals surface area contributed by atoms with Gasteiger partial charge in [-0.1, -0.05) is 63.7 Å². The van der Waals surface area contributed by atoms with Crippen molar-refractivity contribution >= 4 is 75.5 Å². The molecule has 0 bridgehead atoms. The van der Waals surface area contributed by atoms with Crippen LogP contribution in [0.15, 0.2) is 0 Å². The van der Waals surface area contributed by atoms with Gasteiger partial charge in [0.15, 0.2) is 0 Å². The molecule has 0 heterocycles. The second-order valence-corrected chi connectivity index (χ2v) is 6.58. The van der Waals surface area contributed by atoms with Crippen molar-refractivity contribution in [3.63, 3.8) is 0 Å². The van der Waals surface area contributed by atoms with Crippen LogP contribution in [0.25, 0.3) is 0 Å². The fourth-order valence-electron chi connectivity index (χ4n) is 0.637. The van der Waals surface area contributed by atoms with Gasteiger partial charge in [-0.15, -0.1) is 0 Å². The second-order valence-electron chi connectivity index (χ2n) is 2.50. The Morgan fingerprint density at radius 1 is 0.786 bits per heavy atom. The molecule has 4 unspecified atom stereocenters. The number of halogens is 4. The highest BCUT2D eigenvalue weighted by Crippen LogP contribution is 2.28. The molecule has 0 fully saturated rings. The maximum atomic E-state index is 10.8. The van der Waals surface area contributed by atoms with Gasteiger partial charge in [0, 0.05) is 0 Å². The van der Waals surface area contributed by atoms with Crippen LogP contribution in [0.4, 0.5) is 0 Å². The SMILES string of the molecule is NC(=O)C(Br)C(Br)C(Br)C(Br)C(N)=O. The molecule has 4 N–H and O–H groups in total. The van der Waals surface area contributed by atoms with Gasteiger partial charge in [-0.2, -0.15) is 0 Å². The molecule has 0 aliphatic carbocycles. The first kappa shape index (κ1) is 14.9. The third-order valence-electron chi connectivity index (χ3n) is 1.41. The average Bonchev–Trinajstić information content (AvgIpc) is 2.12. The molecule has 0 aromatic rings. The first-order valence-corrected chi connectivity index (χ1v) is 7.10. The minimum Gasteiger partial charge on any atom is -0.369 e. The van der Waals surface area contributed by atoms with E-state index in [1.54, 1.807) is 0 Å². The molecular formula is C6H8Br4N2O2. The summed E-state index contributed by atoms with van der Waals surface area (Å²) < 4.78 is 0. The number of rotatable bonds is 5. The zero-order chi connectivity index (χ0) is 11.5. The van der Waals surface area contributed by atoms with E-state index in [1.807, 2.05) is 0 Å². The largest absolute Gasteiger partial charge is 0.369 e. The first-order valence-electron chi connectivity index (χ1n) is 3.44. The molecule has 0 saturated carbocycles. The quantitative estimate of drug-likeness (QED) is 0.601. The Bertz CT molecular complexity index is 214. The third-order valence-corrected chi connectivity index (χ3v) is 7.77. The van der Waals surface area contributed by atoms with Gasteiger partial charge in [-0.05, 0) is 0 Å². The molecule has 8 heteroatoms. The van der Waals surface area contributed by atoms with Crippen molar-refractivity contribution < 1.29 is 9.59 Å². The van der Waals surface area contributed by atoms with Crippen LogP contribution in [0.3, 0.4) is 0 Å². The highest BCUT2D eigenvalue weighted by molar-refractivity contribution is 9.14. The van der Waals surface area contributed by atoms with Crippen molar-refractivity contribution in [2.75, 3.05) is 0 Å². The molecule has 4 nitrogen and oxygen atoms in total. The number of carbonyl (C=O) groups excluding carboxylic acids is 2. The summed E-state index contributed by atoms with van der Waals surface area (Å²) in [5.74, 6) is -1.03. The summed E-state index contributed by atoms with van der Waals surface area (Å²) >= 11 is 12.7. The van der Waals surface area contributed by atoms with E-state index in [2.05, 4.69) is 63.7 Å². The van der Waals surface area contributed by atoms with Gasteiger partial charge < -0.3 is 11.5 Å². The normalized spacial score (nSPS) is 19.4. The number of alkyl halides is 4. The Morgan fingerprint density at radius 3 is 1.14 bits per heavy atom. The van der Waals surface area contributed by atoms with Gasteiger partial charge in [0.1, 0.15) is 9.65 Å².